The number of hydrogen-bond donors (Lipinski definition) is 2. The van der Waals surface area contributed by atoms with Crippen LogP contribution < -0.4 is 10.6 Å². The Labute approximate surface area is 145 Å². The molecule has 0 unspecified atom stereocenters. The third-order valence-electron chi connectivity index (χ3n) is 3.63. The molecule has 3 rings (SSSR count). The molecule has 2 aromatic rings. The number of amides is 1. The van der Waals surface area contributed by atoms with Crippen molar-refractivity contribution in [3.05, 3.63) is 35.7 Å². The monoisotopic (exact) mass is 343 g/mol. The summed E-state index contributed by atoms with van der Waals surface area (Å²) < 4.78 is 0. The van der Waals surface area contributed by atoms with Gasteiger partial charge in [-0.05, 0) is 45.1 Å². The van der Waals surface area contributed by atoms with Crippen molar-refractivity contribution in [3.8, 4) is 0 Å². The average molecular weight is 343 g/mol. The summed E-state index contributed by atoms with van der Waals surface area (Å²) in [5.74, 6) is 1.55. The van der Waals surface area contributed by atoms with Crippen LogP contribution in [0.2, 0.25) is 0 Å². The van der Waals surface area contributed by atoms with Gasteiger partial charge in [0.2, 0.25) is 0 Å². The Morgan fingerprint density at radius 2 is 2.08 bits per heavy atom. The van der Waals surface area contributed by atoms with E-state index in [9.17, 15) is 4.79 Å². The molecule has 0 saturated heterocycles. The third kappa shape index (κ3) is 4.03. The van der Waals surface area contributed by atoms with Crippen molar-refractivity contribution in [2.75, 3.05) is 11.6 Å². The first kappa shape index (κ1) is 16.7. The van der Waals surface area contributed by atoms with Crippen LogP contribution in [0, 0.1) is 0 Å². The van der Waals surface area contributed by atoms with E-state index in [2.05, 4.69) is 25.6 Å². The van der Waals surface area contributed by atoms with Gasteiger partial charge in [0, 0.05) is 23.9 Å². The van der Waals surface area contributed by atoms with E-state index in [4.69, 9.17) is 0 Å². The minimum atomic E-state index is -0.196. The van der Waals surface area contributed by atoms with E-state index in [1.807, 2.05) is 38.3 Å². The van der Waals surface area contributed by atoms with Gasteiger partial charge in [0.15, 0.2) is 5.16 Å². The Bertz CT molecular complexity index is 746. The van der Waals surface area contributed by atoms with Gasteiger partial charge in [0.1, 0.15) is 17.2 Å². The molecule has 0 spiro atoms. The molecule has 0 atom stereocenters. The van der Waals surface area contributed by atoms with Crippen molar-refractivity contribution >= 4 is 29.3 Å². The van der Waals surface area contributed by atoms with Crippen molar-refractivity contribution in [1.29, 1.82) is 0 Å². The van der Waals surface area contributed by atoms with Gasteiger partial charge < -0.3 is 10.6 Å². The lowest BCUT2D eigenvalue weighted by atomic mass is 10.2. The molecule has 1 aliphatic rings. The highest BCUT2D eigenvalue weighted by Crippen LogP contribution is 2.39. The molecule has 0 aromatic carbocycles. The van der Waals surface area contributed by atoms with Gasteiger partial charge in [-0.25, -0.2) is 15.0 Å². The zero-order valence-electron chi connectivity index (χ0n) is 14.0. The molecule has 2 N–H and O–H groups in total. The molecule has 6 nitrogen and oxygen atoms in total. The van der Waals surface area contributed by atoms with Crippen LogP contribution in [0.3, 0.4) is 0 Å². The molecule has 0 radical (unpaired) electrons. The summed E-state index contributed by atoms with van der Waals surface area (Å²) in [5, 5.41) is 6.67. The summed E-state index contributed by atoms with van der Waals surface area (Å²) in [7, 11) is 0. The van der Waals surface area contributed by atoms with Crippen LogP contribution in [0.1, 0.15) is 48.7 Å². The highest BCUT2D eigenvalue weighted by Gasteiger charge is 2.25. The fourth-order valence-corrected chi connectivity index (χ4v) is 2.65. The lowest BCUT2D eigenvalue weighted by Crippen LogP contribution is -2.31. The van der Waals surface area contributed by atoms with Crippen LogP contribution >= 0.6 is 11.8 Å². The van der Waals surface area contributed by atoms with Crippen molar-refractivity contribution < 1.29 is 4.79 Å². The van der Waals surface area contributed by atoms with E-state index >= 15 is 0 Å². The first-order valence-corrected chi connectivity index (χ1v) is 9.25. The van der Waals surface area contributed by atoms with Crippen LogP contribution in [0.5, 0.6) is 0 Å². The largest absolute Gasteiger partial charge is 0.350 e. The summed E-state index contributed by atoms with van der Waals surface area (Å²) in [5.41, 5.74) is 1.51. The van der Waals surface area contributed by atoms with Crippen LogP contribution in [-0.4, -0.2) is 33.2 Å². The Balaban J connectivity index is 1.89. The predicted molar refractivity (Wildman–Crippen MR) is 95.9 cm³/mol. The van der Waals surface area contributed by atoms with Crippen LogP contribution in [0.15, 0.2) is 29.6 Å². The number of carbonyl (C=O) groups excluding carboxylic acids is 1. The smallest absolute Gasteiger partial charge is 0.256 e. The fourth-order valence-electron chi connectivity index (χ4n) is 2.31. The third-order valence-corrected chi connectivity index (χ3v) is 4.19. The van der Waals surface area contributed by atoms with E-state index < -0.39 is 0 Å². The number of anilines is 2. The van der Waals surface area contributed by atoms with Gasteiger partial charge in [0.05, 0.1) is 0 Å². The number of carbonyl (C=O) groups is 1. The summed E-state index contributed by atoms with van der Waals surface area (Å²) in [6, 6.07) is 5.95. The summed E-state index contributed by atoms with van der Waals surface area (Å²) >= 11 is 1.43. The maximum atomic E-state index is 12.4. The number of pyridine rings is 1. The molecule has 7 heteroatoms. The summed E-state index contributed by atoms with van der Waals surface area (Å²) in [6.45, 7) is 3.84. The first-order valence-electron chi connectivity index (χ1n) is 8.02. The van der Waals surface area contributed by atoms with Gasteiger partial charge in [-0.15, -0.1) is 0 Å². The standard InChI is InChI=1S/C17H21N5OS/c1-10(2)19-16(23)12-9-18-17(24-3)22-15(12)21-14-6-4-5-13(20-14)11-7-8-11/h4-6,9-11H,7-8H2,1-3H3,(H,19,23)(H,18,20,21,22). The maximum Gasteiger partial charge on any atom is 0.256 e. The van der Waals surface area contributed by atoms with Gasteiger partial charge in [0.25, 0.3) is 5.91 Å². The van der Waals surface area contributed by atoms with E-state index in [1.165, 1.54) is 24.6 Å². The molecule has 2 aromatic heterocycles. The minimum Gasteiger partial charge on any atom is -0.350 e. The number of rotatable bonds is 6. The van der Waals surface area contributed by atoms with Crippen LogP contribution in [0.25, 0.3) is 0 Å². The number of thioether (sulfide) groups is 1. The molecule has 1 amide bonds. The molecule has 1 aliphatic carbocycles. The van der Waals surface area contributed by atoms with Gasteiger partial charge in [-0.2, -0.15) is 0 Å². The van der Waals surface area contributed by atoms with Gasteiger partial charge in [-0.3, -0.25) is 4.79 Å². The lowest BCUT2D eigenvalue weighted by molar-refractivity contribution is 0.0943. The molecule has 1 fully saturated rings. The molecule has 24 heavy (non-hydrogen) atoms. The van der Waals surface area contributed by atoms with Crippen molar-refractivity contribution in [2.24, 2.45) is 0 Å². The Kier molecular flexibility index (Phi) is 4.99. The quantitative estimate of drug-likeness (QED) is 0.618. The van der Waals surface area contributed by atoms with Crippen molar-refractivity contribution in [2.45, 2.75) is 43.8 Å². The number of hydrogen-bond acceptors (Lipinski definition) is 6. The van der Waals surface area contributed by atoms with E-state index in [0.29, 0.717) is 28.3 Å². The Morgan fingerprint density at radius 3 is 2.75 bits per heavy atom. The zero-order valence-corrected chi connectivity index (χ0v) is 14.9. The predicted octanol–water partition coefficient (Wildman–Crippen LogP) is 3.35. The Hall–Kier alpha value is -2.15. The van der Waals surface area contributed by atoms with Crippen molar-refractivity contribution in [1.82, 2.24) is 20.3 Å². The molecule has 126 valence electrons. The zero-order chi connectivity index (χ0) is 17.1. The summed E-state index contributed by atoms with van der Waals surface area (Å²) in [4.78, 5) is 25.7. The molecule has 2 heterocycles. The van der Waals surface area contributed by atoms with Crippen LogP contribution in [0.4, 0.5) is 11.6 Å². The molecular weight excluding hydrogens is 322 g/mol. The lowest BCUT2D eigenvalue weighted by Gasteiger charge is -2.13. The number of aromatic nitrogens is 3. The van der Waals surface area contributed by atoms with Gasteiger partial charge >= 0.3 is 0 Å². The first-order chi connectivity index (χ1) is 11.6. The van der Waals surface area contributed by atoms with E-state index in [1.54, 1.807) is 6.20 Å². The topological polar surface area (TPSA) is 79.8 Å². The van der Waals surface area contributed by atoms with Gasteiger partial charge in [-0.1, -0.05) is 17.8 Å². The second kappa shape index (κ2) is 7.17. The Morgan fingerprint density at radius 1 is 1.29 bits per heavy atom. The highest BCUT2D eigenvalue weighted by atomic mass is 32.2. The minimum absolute atomic E-state index is 0.0434. The van der Waals surface area contributed by atoms with E-state index in [0.717, 1.165) is 5.69 Å². The van der Waals surface area contributed by atoms with Crippen LogP contribution in [-0.2, 0) is 0 Å². The maximum absolute atomic E-state index is 12.4. The second-order valence-electron chi connectivity index (χ2n) is 6.09. The average Bonchev–Trinajstić information content (AvgIpc) is 3.39. The summed E-state index contributed by atoms with van der Waals surface area (Å²) in [6.07, 6.45) is 5.85. The molecule has 0 aliphatic heterocycles. The molecule has 1 saturated carbocycles. The van der Waals surface area contributed by atoms with E-state index in [-0.39, 0.29) is 11.9 Å². The normalized spacial score (nSPS) is 13.8. The fraction of sp³-hybridized carbons (Fsp3) is 0.412. The second-order valence-corrected chi connectivity index (χ2v) is 6.87. The van der Waals surface area contributed by atoms with Crippen molar-refractivity contribution in [3.63, 3.8) is 0 Å². The SMILES string of the molecule is CSc1ncc(C(=O)NC(C)C)c(Nc2cccc(C3CC3)n2)n1. The number of nitrogens with one attached hydrogen (secondary N) is 2. The molecule has 0 bridgehead atoms. The highest BCUT2D eigenvalue weighted by molar-refractivity contribution is 7.98. The molecular formula is C17H21N5OS. The number of nitrogens with zero attached hydrogens (tertiary/aromatic N) is 3.